The maximum atomic E-state index is 12.3. The van der Waals surface area contributed by atoms with Crippen LogP contribution in [0, 0.1) is 6.92 Å². The van der Waals surface area contributed by atoms with E-state index in [1.807, 2.05) is 31.2 Å². The third kappa shape index (κ3) is 5.21. The van der Waals surface area contributed by atoms with Crippen molar-refractivity contribution in [2.24, 2.45) is 10.7 Å². The predicted molar refractivity (Wildman–Crippen MR) is 111 cm³/mol. The zero-order valence-electron chi connectivity index (χ0n) is 14.4. The first-order valence-corrected chi connectivity index (χ1v) is 9.58. The second kappa shape index (κ2) is 8.41. The lowest BCUT2D eigenvalue weighted by atomic mass is 10.2. The third-order valence-corrected chi connectivity index (χ3v) is 4.95. The van der Waals surface area contributed by atoms with Gasteiger partial charge in [-0.25, -0.2) is 4.99 Å². The second-order valence-corrected chi connectivity index (χ2v) is 7.70. The molecule has 138 valence electrons. The van der Waals surface area contributed by atoms with Crippen LogP contribution in [0.15, 0.2) is 56.8 Å². The molecule has 0 aromatic heterocycles. The molecule has 2 amide bonds. The summed E-state index contributed by atoms with van der Waals surface area (Å²) in [6, 6.07) is 13.0. The molecule has 1 saturated heterocycles. The SMILES string of the molecule is Cc1ccc(N=C2NC(=O)/C(=C/c3cc(Br)ccc3OCC(N)=O)S2)cc1. The number of hydrogen-bond acceptors (Lipinski definition) is 5. The number of carbonyl (C=O) groups is 2. The Labute approximate surface area is 169 Å². The highest BCUT2D eigenvalue weighted by atomic mass is 79.9. The topological polar surface area (TPSA) is 93.8 Å². The maximum absolute atomic E-state index is 12.3. The van der Waals surface area contributed by atoms with E-state index in [0.29, 0.717) is 21.4 Å². The van der Waals surface area contributed by atoms with Crippen LogP contribution >= 0.6 is 27.7 Å². The molecule has 2 aromatic carbocycles. The van der Waals surface area contributed by atoms with E-state index in [2.05, 4.69) is 26.2 Å². The number of rotatable bonds is 5. The summed E-state index contributed by atoms with van der Waals surface area (Å²) < 4.78 is 6.24. The summed E-state index contributed by atoms with van der Waals surface area (Å²) in [5, 5.41) is 3.26. The van der Waals surface area contributed by atoms with Crippen molar-refractivity contribution >= 4 is 56.4 Å². The third-order valence-electron chi connectivity index (χ3n) is 3.54. The number of aliphatic imine (C=N–C) groups is 1. The van der Waals surface area contributed by atoms with Crippen molar-refractivity contribution in [3.05, 3.63) is 63.0 Å². The summed E-state index contributed by atoms with van der Waals surface area (Å²) in [5.41, 5.74) is 7.69. The molecule has 27 heavy (non-hydrogen) atoms. The molecule has 0 saturated carbocycles. The van der Waals surface area contributed by atoms with Crippen LogP contribution in [0.1, 0.15) is 11.1 Å². The minimum atomic E-state index is -0.572. The standard InChI is InChI=1S/C19H16BrN3O3S/c1-11-2-5-14(6-3-11)22-19-23-18(25)16(27-19)9-12-8-13(20)4-7-15(12)26-10-17(21)24/h2-9H,10H2,1H3,(H2,21,24)(H,22,23,25)/b16-9-. The molecule has 0 aliphatic carbocycles. The molecule has 1 aliphatic heterocycles. The Bertz CT molecular complexity index is 955. The van der Waals surface area contributed by atoms with Crippen molar-refractivity contribution in [3.8, 4) is 5.75 Å². The first kappa shape index (κ1) is 19.2. The molecule has 1 heterocycles. The van der Waals surface area contributed by atoms with Gasteiger partial charge in [-0.15, -0.1) is 0 Å². The van der Waals surface area contributed by atoms with E-state index >= 15 is 0 Å². The largest absolute Gasteiger partial charge is 0.483 e. The molecule has 0 spiro atoms. The molecule has 2 aromatic rings. The first-order chi connectivity index (χ1) is 12.9. The fourth-order valence-electron chi connectivity index (χ4n) is 2.27. The summed E-state index contributed by atoms with van der Waals surface area (Å²) in [6.45, 7) is 1.76. The summed E-state index contributed by atoms with van der Waals surface area (Å²) in [4.78, 5) is 28.2. The lowest BCUT2D eigenvalue weighted by molar-refractivity contribution is -0.120. The van der Waals surface area contributed by atoms with Gasteiger partial charge in [0.05, 0.1) is 10.6 Å². The molecule has 0 bridgehead atoms. The molecule has 3 rings (SSSR count). The van der Waals surface area contributed by atoms with E-state index < -0.39 is 5.91 Å². The molecule has 6 nitrogen and oxygen atoms in total. The lowest BCUT2D eigenvalue weighted by Crippen LogP contribution is -2.20. The van der Waals surface area contributed by atoms with Gasteiger partial charge in [-0.1, -0.05) is 33.6 Å². The minimum Gasteiger partial charge on any atom is -0.483 e. The number of carbonyl (C=O) groups excluding carboxylic acids is 2. The number of nitrogens with zero attached hydrogens (tertiary/aromatic N) is 1. The number of ether oxygens (including phenoxy) is 1. The van der Waals surface area contributed by atoms with Crippen LogP contribution in [0.25, 0.3) is 6.08 Å². The van der Waals surface area contributed by atoms with Crippen LogP contribution in [-0.4, -0.2) is 23.6 Å². The Morgan fingerprint density at radius 2 is 2.04 bits per heavy atom. The second-order valence-electron chi connectivity index (χ2n) is 5.75. The van der Waals surface area contributed by atoms with Gasteiger partial charge in [0.15, 0.2) is 11.8 Å². The number of amides is 2. The Morgan fingerprint density at radius 3 is 2.74 bits per heavy atom. The van der Waals surface area contributed by atoms with Gasteiger partial charge in [0.1, 0.15) is 5.75 Å². The van der Waals surface area contributed by atoms with E-state index in [9.17, 15) is 9.59 Å². The predicted octanol–water partition coefficient (Wildman–Crippen LogP) is 3.51. The summed E-state index contributed by atoms with van der Waals surface area (Å²) in [7, 11) is 0. The van der Waals surface area contributed by atoms with Crippen LogP contribution in [0.5, 0.6) is 5.75 Å². The fraction of sp³-hybridized carbons (Fsp3) is 0.105. The summed E-state index contributed by atoms with van der Waals surface area (Å²) in [5.74, 6) is -0.356. The van der Waals surface area contributed by atoms with Gasteiger partial charge in [-0.2, -0.15) is 0 Å². The number of halogens is 1. The van der Waals surface area contributed by atoms with Gasteiger partial charge >= 0.3 is 0 Å². The van der Waals surface area contributed by atoms with E-state index in [0.717, 1.165) is 15.7 Å². The highest BCUT2D eigenvalue weighted by Gasteiger charge is 2.24. The van der Waals surface area contributed by atoms with E-state index in [4.69, 9.17) is 10.5 Å². The number of primary amides is 1. The monoisotopic (exact) mass is 445 g/mol. The Kier molecular flexibility index (Phi) is 5.98. The van der Waals surface area contributed by atoms with Gasteiger partial charge < -0.3 is 15.8 Å². The smallest absolute Gasteiger partial charge is 0.264 e. The fourth-order valence-corrected chi connectivity index (χ4v) is 3.48. The molecular formula is C19H16BrN3O3S. The lowest BCUT2D eigenvalue weighted by Gasteiger charge is -2.08. The minimum absolute atomic E-state index is 0.239. The average Bonchev–Trinajstić information content (AvgIpc) is 2.95. The van der Waals surface area contributed by atoms with Crippen molar-refractivity contribution in [1.29, 1.82) is 0 Å². The molecule has 1 aliphatic rings. The van der Waals surface area contributed by atoms with Crippen LogP contribution in [-0.2, 0) is 9.59 Å². The zero-order chi connectivity index (χ0) is 19.4. The highest BCUT2D eigenvalue weighted by Crippen LogP contribution is 2.32. The van der Waals surface area contributed by atoms with Gasteiger partial charge in [0.25, 0.3) is 11.8 Å². The van der Waals surface area contributed by atoms with Gasteiger partial charge in [-0.05, 0) is 55.1 Å². The zero-order valence-corrected chi connectivity index (χ0v) is 16.8. The van der Waals surface area contributed by atoms with Gasteiger partial charge in [-0.3, -0.25) is 9.59 Å². The van der Waals surface area contributed by atoms with Crippen LogP contribution in [0.2, 0.25) is 0 Å². The van der Waals surface area contributed by atoms with Crippen LogP contribution in [0.3, 0.4) is 0 Å². The molecule has 0 atom stereocenters. The quantitative estimate of drug-likeness (QED) is 0.688. The first-order valence-electron chi connectivity index (χ1n) is 7.97. The van der Waals surface area contributed by atoms with Gasteiger partial charge in [0.2, 0.25) is 0 Å². The number of nitrogens with two attached hydrogens (primary N) is 1. The Balaban J connectivity index is 1.85. The number of benzene rings is 2. The molecule has 3 N–H and O–H groups in total. The van der Waals surface area contributed by atoms with Crippen molar-refractivity contribution < 1.29 is 14.3 Å². The van der Waals surface area contributed by atoms with Crippen LogP contribution < -0.4 is 15.8 Å². The van der Waals surface area contributed by atoms with E-state index in [-0.39, 0.29) is 12.5 Å². The maximum Gasteiger partial charge on any atom is 0.264 e. The van der Waals surface area contributed by atoms with Crippen LogP contribution in [0.4, 0.5) is 5.69 Å². The number of thioether (sulfide) groups is 1. The molecule has 0 unspecified atom stereocenters. The Morgan fingerprint density at radius 1 is 1.30 bits per heavy atom. The molecule has 0 radical (unpaired) electrons. The average molecular weight is 446 g/mol. The molecular weight excluding hydrogens is 430 g/mol. The van der Waals surface area contributed by atoms with E-state index in [1.54, 1.807) is 24.3 Å². The number of hydrogen-bond donors (Lipinski definition) is 2. The summed E-state index contributed by atoms with van der Waals surface area (Å²) in [6.07, 6.45) is 1.69. The van der Waals surface area contributed by atoms with E-state index in [1.165, 1.54) is 11.8 Å². The van der Waals surface area contributed by atoms with Crippen molar-refractivity contribution in [1.82, 2.24) is 5.32 Å². The number of aryl methyl sites for hydroxylation is 1. The molecule has 1 fully saturated rings. The molecule has 8 heteroatoms. The number of amidine groups is 1. The van der Waals surface area contributed by atoms with Crippen molar-refractivity contribution in [2.75, 3.05) is 6.61 Å². The number of nitrogens with one attached hydrogen (secondary N) is 1. The highest BCUT2D eigenvalue weighted by molar-refractivity contribution is 9.10. The normalized spacial score (nSPS) is 16.6. The Hall–Kier alpha value is -2.58. The van der Waals surface area contributed by atoms with Crippen molar-refractivity contribution in [3.63, 3.8) is 0 Å². The van der Waals surface area contributed by atoms with Gasteiger partial charge in [0, 0.05) is 10.0 Å². The van der Waals surface area contributed by atoms with Crippen molar-refractivity contribution in [2.45, 2.75) is 6.92 Å². The summed E-state index contributed by atoms with van der Waals surface area (Å²) >= 11 is 4.63.